The number of Topliss-reactive ketones (excluding diaryl/α,β-unsaturated/α-hetero) is 1. The molecule has 19 heavy (non-hydrogen) atoms. The van der Waals surface area contributed by atoms with Crippen molar-refractivity contribution in [3.05, 3.63) is 42.2 Å². The Bertz CT molecular complexity index is 647. The number of rotatable bonds is 2. The maximum atomic E-state index is 12.8. The van der Waals surface area contributed by atoms with Crippen LogP contribution in [0.4, 0.5) is 0 Å². The van der Waals surface area contributed by atoms with Gasteiger partial charge in [0.05, 0.1) is 0 Å². The van der Waals surface area contributed by atoms with Crippen LogP contribution in [0.25, 0.3) is 10.8 Å². The molecule has 3 nitrogen and oxygen atoms in total. The summed E-state index contributed by atoms with van der Waals surface area (Å²) < 4.78 is 0. The van der Waals surface area contributed by atoms with E-state index in [1.54, 1.807) is 6.20 Å². The van der Waals surface area contributed by atoms with E-state index in [9.17, 15) is 4.79 Å². The lowest BCUT2D eigenvalue weighted by Gasteiger charge is -2.19. The zero-order valence-corrected chi connectivity index (χ0v) is 10.7. The van der Waals surface area contributed by atoms with Crippen molar-refractivity contribution >= 4 is 16.6 Å². The van der Waals surface area contributed by atoms with Gasteiger partial charge >= 0.3 is 0 Å². The molecule has 3 unspecified atom stereocenters. The summed E-state index contributed by atoms with van der Waals surface area (Å²) in [7, 11) is 0. The monoisotopic (exact) mass is 252 g/mol. The summed E-state index contributed by atoms with van der Waals surface area (Å²) in [6, 6.07) is 8.83. The molecule has 2 fully saturated rings. The molecule has 0 radical (unpaired) electrons. The fourth-order valence-corrected chi connectivity index (χ4v) is 3.65. The summed E-state index contributed by atoms with van der Waals surface area (Å²) >= 11 is 0. The highest BCUT2D eigenvalue weighted by molar-refractivity contribution is 6.09. The fraction of sp³-hybridized carbons (Fsp3) is 0.375. The predicted molar refractivity (Wildman–Crippen MR) is 74.1 cm³/mol. The Kier molecular flexibility index (Phi) is 2.42. The summed E-state index contributed by atoms with van der Waals surface area (Å²) in [5.74, 6) is 0.467. The molecule has 0 aliphatic carbocycles. The standard InChI is InChI=1S/C16H16N2O/c19-16(14-8-11-4-5-15(14)18-11)13-3-1-2-10-9-17-7-6-12(10)13/h1-3,6-7,9,11,14-15,18H,4-5,8H2. The molecule has 0 spiro atoms. The molecule has 96 valence electrons. The highest BCUT2D eigenvalue weighted by atomic mass is 16.1. The van der Waals surface area contributed by atoms with Gasteiger partial charge in [0.1, 0.15) is 0 Å². The summed E-state index contributed by atoms with van der Waals surface area (Å²) in [4.78, 5) is 16.9. The van der Waals surface area contributed by atoms with Crippen LogP contribution in [0.3, 0.4) is 0 Å². The van der Waals surface area contributed by atoms with E-state index in [1.807, 2.05) is 30.5 Å². The Morgan fingerprint density at radius 3 is 3.00 bits per heavy atom. The minimum Gasteiger partial charge on any atom is -0.310 e. The van der Waals surface area contributed by atoms with Gasteiger partial charge in [0.2, 0.25) is 0 Å². The van der Waals surface area contributed by atoms with Crippen molar-refractivity contribution in [2.45, 2.75) is 31.3 Å². The quantitative estimate of drug-likeness (QED) is 0.835. The first kappa shape index (κ1) is 11.1. The maximum absolute atomic E-state index is 12.8. The van der Waals surface area contributed by atoms with E-state index in [-0.39, 0.29) is 5.92 Å². The average Bonchev–Trinajstić information content (AvgIpc) is 3.08. The van der Waals surface area contributed by atoms with Crippen LogP contribution in [-0.4, -0.2) is 22.9 Å². The summed E-state index contributed by atoms with van der Waals surface area (Å²) in [5, 5.41) is 5.62. The molecule has 2 aliphatic rings. The zero-order chi connectivity index (χ0) is 12.8. The minimum absolute atomic E-state index is 0.164. The number of hydrogen-bond donors (Lipinski definition) is 1. The molecule has 1 N–H and O–H groups in total. The second-order valence-electron chi connectivity index (χ2n) is 5.66. The van der Waals surface area contributed by atoms with Crippen LogP contribution in [0, 0.1) is 5.92 Å². The van der Waals surface area contributed by atoms with Crippen molar-refractivity contribution in [2.24, 2.45) is 5.92 Å². The molecule has 0 amide bonds. The SMILES string of the molecule is O=C(c1cccc2cnccc12)C1CC2CCC1N2. The molecule has 2 aliphatic heterocycles. The Balaban J connectivity index is 1.76. The first-order valence-corrected chi connectivity index (χ1v) is 6.96. The maximum Gasteiger partial charge on any atom is 0.168 e. The van der Waals surface area contributed by atoms with Gasteiger partial charge in [0, 0.05) is 41.3 Å². The lowest BCUT2D eigenvalue weighted by Crippen LogP contribution is -2.28. The molecule has 0 saturated carbocycles. The molecule has 1 aromatic heterocycles. The first-order valence-electron chi connectivity index (χ1n) is 6.96. The third-order valence-corrected chi connectivity index (χ3v) is 4.58. The van der Waals surface area contributed by atoms with Crippen LogP contribution in [0.2, 0.25) is 0 Å². The van der Waals surface area contributed by atoms with Gasteiger partial charge in [-0.15, -0.1) is 0 Å². The Morgan fingerprint density at radius 2 is 2.21 bits per heavy atom. The predicted octanol–water partition coefficient (Wildman–Crippen LogP) is 2.56. The van der Waals surface area contributed by atoms with Crippen molar-refractivity contribution < 1.29 is 4.79 Å². The van der Waals surface area contributed by atoms with Crippen LogP contribution in [-0.2, 0) is 0 Å². The number of nitrogens with one attached hydrogen (secondary N) is 1. The summed E-state index contributed by atoms with van der Waals surface area (Å²) in [5.41, 5.74) is 0.860. The van der Waals surface area contributed by atoms with E-state index >= 15 is 0 Å². The Hall–Kier alpha value is -1.74. The van der Waals surface area contributed by atoms with Crippen molar-refractivity contribution in [1.82, 2.24) is 10.3 Å². The Labute approximate surface area is 112 Å². The molecule has 2 saturated heterocycles. The number of nitrogens with zero attached hydrogens (tertiary/aromatic N) is 1. The number of carbonyl (C=O) groups is 1. The van der Waals surface area contributed by atoms with Crippen molar-refractivity contribution in [2.75, 3.05) is 0 Å². The number of fused-ring (bicyclic) bond motifs is 3. The fourth-order valence-electron chi connectivity index (χ4n) is 3.65. The van der Waals surface area contributed by atoms with Crippen molar-refractivity contribution in [3.8, 4) is 0 Å². The zero-order valence-electron chi connectivity index (χ0n) is 10.7. The number of pyridine rings is 1. The second kappa shape index (κ2) is 4.14. The van der Waals surface area contributed by atoms with Gasteiger partial charge in [0.15, 0.2) is 5.78 Å². The molecular weight excluding hydrogens is 236 g/mol. The minimum atomic E-state index is 0.164. The largest absolute Gasteiger partial charge is 0.310 e. The van der Waals surface area contributed by atoms with Gasteiger partial charge in [-0.25, -0.2) is 0 Å². The highest BCUT2D eigenvalue weighted by Crippen LogP contribution is 2.36. The van der Waals surface area contributed by atoms with Gasteiger partial charge < -0.3 is 5.32 Å². The lowest BCUT2D eigenvalue weighted by molar-refractivity contribution is 0.0902. The number of ketones is 1. The highest BCUT2D eigenvalue weighted by Gasteiger charge is 2.42. The molecule has 4 rings (SSSR count). The number of hydrogen-bond acceptors (Lipinski definition) is 3. The van der Waals surface area contributed by atoms with E-state index in [2.05, 4.69) is 10.3 Å². The molecule has 3 heterocycles. The van der Waals surface area contributed by atoms with Gasteiger partial charge in [-0.1, -0.05) is 18.2 Å². The molecular formula is C16H16N2O. The van der Waals surface area contributed by atoms with E-state index in [1.165, 1.54) is 6.42 Å². The van der Waals surface area contributed by atoms with Crippen molar-refractivity contribution in [1.29, 1.82) is 0 Å². The van der Waals surface area contributed by atoms with Gasteiger partial charge in [-0.2, -0.15) is 0 Å². The van der Waals surface area contributed by atoms with Crippen LogP contribution in [0.5, 0.6) is 0 Å². The van der Waals surface area contributed by atoms with E-state index in [4.69, 9.17) is 0 Å². The molecule has 2 bridgehead atoms. The van der Waals surface area contributed by atoms with E-state index < -0.39 is 0 Å². The second-order valence-corrected chi connectivity index (χ2v) is 5.66. The van der Waals surface area contributed by atoms with Crippen LogP contribution < -0.4 is 5.32 Å². The van der Waals surface area contributed by atoms with Gasteiger partial charge in [0.25, 0.3) is 0 Å². The first-order chi connectivity index (χ1) is 9.33. The number of aromatic nitrogens is 1. The number of carbonyl (C=O) groups excluding carboxylic acids is 1. The normalized spacial score (nSPS) is 28.9. The lowest BCUT2D eigenvalue weighted by atomic mass is 9.83. The van der Waals surface area contributed by atoms with Crippen LogP contribution in [0.15, 0.2) is 36.7 Å². The van der Waals surface area contributed by atoms with Gasteiger partial charge in [-0.05, 0) is 30.7 Å². The van der Waals surface area contributed by atoms with Crippen LogP contribution in [0.1, 0.15) is 29.6 Å². The molecule has 1 aromatic carbocycles. The molecule has 3 atom stereocenters. The van der Waals surface area contributed by atoms with Crippen molar-refractivity contribution in [3.63, 3.8) is 0 Å². The third-order valence-electron chi connectivity index (χ3n) is 4.58. The molecule has 3 heteroatoms. The van der Waals surface area contributed by atoms with Gasteiger partial charge in [-0.3, -0.25) is 9.78 Å². The van der Waals surface area contributed by atoms with E-state index in [0.717, 1.165) is 29.2 Å². The summed E-state index contributed by atoms with van der Waals surface area (Å²) in [6.07, 6.45) is 6.97. The van der Waals surface area contributed by atoms with E-state index in [0.29, 0.717) is 17.9 Å². The van der Waals surface area contributed by atoms with Crippen LogP contribution >= 0.6 is 0 Å². The summed E-state index contributed by atoms with van der Waals surface area (Å²) in [6.45, 7) is 0. The number of benzene rings is 1. The smallest absolute Gasteiger partial charge is 0.168 e. The third kappa shape index (κ3) is 1.69. The Morgan fingerprint density at radius 1 is 1.26 bits per heavy atom. The molecule has 2 aromatic rings. The topological polar surface area (TPSA) is 42.0 Å². The average molecular weight is 252 g/mol.